The molecule has 1 atom stereocenters. The summed E-state index contributed by atoms with van der Waals surface area (Å²) in [7, 11) is 0. The molecule has 0 saturated carbocycles. The first kappa shape index (κ1) is 17.1. The minimum Gasteiger partial charge on any atom is -0.406 e. The van der Waals surface area contributed by atoms with E-state index < -0.39 is 6.36 Å². The molecule has 8 heteroatoms. The Hall–Kier alpha value is -2.25. The topological polar surface area (TPSA) is 58.6 Å². The van der Waals surface area contributed by atoms with Crippen molar-refractivity contribution in [2.24, 2.45) is 5.92 Å². The standard InChI is InChI=1S/C15H17F3N2O3/c1-10(21)20-8-2-3-11(9-20)14(22)19-12-4-6-13(7-5-12)23-15(16,17)18/h4-7,11H,2-3,8-9H2,1H3,(H,19,22)/t11-/m0/s1. The van der Waals surface area contributed by atoms with E-state index in [0.717, 1.165) is 18.6 Å². The molecule has 0 bridgehead atoms. The maximum atomic E-state index is 12.2. The van der Waals surface area contributed by atoms with E-state index in [4.69, 9.17) is 0 Å². The molecule has 0 spiro atoms. The smallest absolute Gasteiger partial charge is 0.406 e. The number of carbonyl (C=O) groups is 2. The first-order valence-electron chi connectivity index (χ1n) is 7.17. The number of hydrogen-bond donors (Lipinski definition) is 1. The van der Waals surface area contributed by atoms with Crippen LogP contribution in [0.1, 0.15) is 19.8 Å². The largest absolute Gasteiger partial charge is 0.573 e. The molecule has 1 fully saturated rings. The van der Waals surface area contributed by atoms with E-state index in [-0.39, 0.29) is 23.5 Å². The normalized spacial score (nSPS) is 18.4. The van der Waals surface area contributed by atoms with E-state index in [2.05, 4.69) is 10.1 Å². The van der Waals surface area contributed by atoms with Crippen molar-refractivity contribution in [3.05, 3.63) is 24.3 Å². The van der Waals surface area contributed by atoms with Gasteiger partial charge in [-0.2, -0.15) is 0 Å². The minimum absolute atomic E-state index is 0.0730. The molecule has 1 heterocycles. The molecule has 1 aliphatic rings. The Bertz CT molecular complexity index is 572. The second kappa shape index (κ2) is 6.89. The van der Waals surface area contributed by atoms with Gasteiger partial charge in [0.2, 0.25) is 11.8 Å². The van der Waals surface area contributed by atoms with Crippen LogP contribution in [0.15, 0.2) is 24.3 Å². The lowest BCUT2D eigenvalue weighted by molar-refractivity contribution is -0.274. The summed E-state index contributed by atoms with van der Waals surface area (Å²) >= 11 is 0. The second-order valence-electron chi connectivity index (χ2n) is 5.37. The number of rotatable bonds is 3. The fourth-order valence-electron chi connectivity index (χ4n) is 2.46. The Kier molecular flexibility index (Phi) is 5.12. The number of nitrogens with one attached hydrogen (secondary N) is 1. The van der Waals surface area contributed by atoms with Crippen LogP contribution >= 0.6 is 0 Å². The zero-order valence-corrected chi connectivity index (χ0v) is 12.5. The highest BCUT2D eigenvalue weighted by atomic mass is 19.4. The number of hydrogen-bond acceptors (Lipinski definition) is 3. The molecule has 1 N–H and O–H groups in total. The van der Waals surface area contributed by atoms with E-state index in [1.807, 2.05) is 0 Å². The summed E-state index contributed by atoms with van der Waals surface area (Å²) in [5.41, 5.74) is 0.379. The third kappa shape index (κ3) is 5.15. The summed E-state index contributed by atoms with van der Waals surface area (Å²) < 4.78 is 40.0. The minimum atomic E-state index is -4.75. The molecule has 0 aromatic heterocycles. The molecule has 5 nitrogen and oxygen atoms in total. The number of ether oxygens (including phenoxy) is 1. The van der Waals surface area contributed by atoms with Crippen LogP contribution in [0.5, 0.6) is 5.75 Å². The highest BCUT2D eigenvalue weighted by Gasteiger charge is 2.31. The van der Waals surface area contributed by atoms with Gasteiger partial charge in [-0.05, 0) is 37.1 Å². The number of amides is 2. The average Bonchev–Trinajstić information content (AvgIpc) is 2.48. The van der Waals surface area contributed by atoms with Crippen molar-refractivity contribution < 1.29 is 27.5 Å². The van der Waals surface area contributed by atoms with Crippen LogP contribution in [0.3, 0.4) is 0 Å². The molecule has 0 radical (unpaired) electrons. The van der Waals surface area contributed by atoms with Crippen LogP contribution in [-0.4, -0.2) is 36.2 Å². The summed E-state index contributed by atoms with van der Waals surface area (Å²) in [6, 6.07) is 4.94. The highest BCUT2D eigenvalue weighted by molar-refractivity contribution is 5.93. The van der Waals surface area contributed by atoms with Crippen LogP contribution in [0.25, 0.3) is 0 Å². The number of piperidine rings is 1. The van der Waals surface area contributed by atoms with Gasteiger partial charge in [-0.15, -0.1) is 13.2 Å². The lowest BCUT2D eigenvalue weighted by Gasteiger charge is -2.31. The highest BCUT2D eigenvalue weighted by Crippen LogP contribution is 2.24. The van der Waals surface area contributed by atoms with Gasteiger partial charge in [0.15, 0.2) is 0 Å². The molecular formula is C15H17F3N2O3. The van der Waals surface area contributed by atoms with Gasteiger partial charge in [0, 0.05) is 25.7 Å². The Labute approximate surface area is 131 Å². The predicted molar refractivity (Wildman–Crippen MR) is 76.7 cm³/mol. The molecule has 1 aromatic carbocycles. The Morgan fingerprint density at radius 1 is 1.26 bits per heavy atom. The molecule has 0 aliphatic carbocycles. The molecule has 0 unspecified atom stereocenters. The first-order chi connectivity index (χ1) is 10.7. The van der Waals surface area contributed by atoms with Gasteiger partial charge in [-0.25, -0.2) is 0 Å². The van der Waals surface area contributed by atoms with Crippen LogP contribution < -0.4 is 10.1 Å². The van der Waals surface area contributed by atoms with Gasteiger partial charge in [0.1, 0.15) is 5.75 Å². The van der Waals surface area contributed by atoms with E-state index in [0.29, 0.717) is 25.2 Å². The zero-order valence-electron chi connectivity index (χ0n) is 12.5. The molecule has 126 valence electrons. The summed E-state index contributed by atoms with van der Waals surface area (Å²) in [6.45, 7) is 2.46. The maximum Gasteiger partial charge on any atom is 0.573 e. The van der Waals surface area contributed by atoms with Gasteiger partial charge in [-0.1, -0.05) is 0 Å². The number of benzene rings is 1. The number of alkyl halides is 3. The lowest BCUT2D eigenvalue weighted by Crippen LogP contribution is -2.42. The van der Waals surface area contributed by atoms with E-state index >= 15 is 0 Å². The maximum absolute atomic E-state index is 12.2. The number of halogens is 3. The van der Waals surface area contributed by atoms with E-state index in [1.54, 1.807) is 4.90 Å². The third-order valence-electron chi connectivity index (χ3n) is 3.59. The lowest BCUT2D eigenvalue weighted by atomic mass is 9.97. The fraction of sp³-hybridized carbons (Fsp3) is 0.467. The number of nitrogens with zero attached hydrogens (tertiary/aromatic N) is 1. The van der Waals surface area contributed by atoms with Crippen molar-refractivity contribution >= 4 is 17.5 Å². The molecule has 2 amide bonds. The number of carbonyl (C=O) groups excluding carboxylic acids is 2. The average molecular weight is 330 g/mol. The quantitative estimate of drug-likeness (QED) is 0.927. The zero-order chi connectivity index (χ0) is 17.0. The van der Waals surface area contributed by atoms with Crippen molar-refractivity contribution in [2.45, 2.75) is 26.1 Å². The van der Waals surface area contributed by atoms with Crippen molar-refractivity contribution in [1.82, 2.24) is 4.90 Å². The van der Waals surface area contributed by atoms with E-state index in [1.165, 1.54) is 19.1 Å². The van der Waals surface area contributed by atoms with Crippen LogP contribution in [0.4, 0.5) is 18.9 Å². The summed E-state index contributed by atoms with van der Waals surface area (Å²) in [6.07, 6.45) is -3.33. The van der Waals surface area contributed by atoms with Crippen molar-refractivity contribution in [2.75, 3.05) is 18.4 Å². The Balaban J connectivity index is 1.93. The van der Waals surface area contributed by atoms with Crippen LogP contribution in [-0.2, 0) is 9.59 Å². The van der Waals surface area contributed by atoms with Gasteiger partial charge in [0.05, 0.1) is 5.92 Å². The van der Waals surface area contributed by atoms with E-state index in [9.17, 15) is 22.8 Å². The molecule has 2 rings (SSSR count). The van der Waals surface area contributed by atoms with Crippen LogP contribution in [0, 0.1) is 5.92 Å². The molecule has 1 saturated heterocycles. The first-order valence-corrected chi connectivity index (χ1v) is 7.17. The van der Waals surface area contributed by atoms with Crippen molar-refractivity contribution in [1.29, 1.82) is 0 Å². The molecule has 1 aliphatic heterocycles. The molecule has 23 heavy (non-hydrogen) atoms. The van der Waals surface area contributed by atoms with Crippen LogP contribution in [0.2, 0.25) is 0 Å². The SMILES string of the molecule is CC(=O)N1CCC[C@H](C(=O)Nc2ccc(OC(F)(F)F)cc2)C1. The van der Waals surface area contributed by atoms with Gasteiger partial charge in [0.25, 0.3) is 0 Å². The van der Waals surface area contributed by atoms with Gasteiger partial charge >= 0.3 is 6.36 Å². The van der Waals surface area contributed by atoms with Crippen molar-refractivity contribution in [3.63, 3.8) is 0 Å². The monoisotopic (exact) mass is 330 g/mol. The van der Waals surface area contributed by atoms with Gasteiger partial charge in [-0.3, -0.25) is 9.59 Å². The predicted octanol–water partition coefficient (Wildman–Crippen LogP) is 2.78. The number of likely N-dealkylation sites (tertiary alicyclic amines) is 1. The molecule has 1 aromatic rings. The Morgan fingerprint density at radius 3 is 2.48 bits per heavy atom. The Morgan fingerprint density at radius 2 is 1.91 bits per heavy atom. The summed E-state index contributed by atoms with van der Waals surface area (Å²) in [4.78, 5) is 25.2. The third-order valence-corrected chi connectivity index (χ3v) is 3.59. The summed E-state index contributed by atoms with van der Waals surface area (Å²) in [5, 5.41) is 2.65. The second-order valence-corrected chi connectivity index (χ2v) is 5.37. The van der Waals surface area contributed by atoms with Gasteiger partial charge < -0.3 is 15.0 Å². The van der Waals surface area contributed by atoms with Crippen molar-refractivity contribution in [3.8, 4) is 5.75 Å². The summed E-state index contributed by atoms with van der Waals surface area (Å²) in [5.74, 6) is -0.994. The number of anilines is 1. The molecular weight excluding hydrogens is 313 g/mol. The fourth-order valence-corrected chi connectivity index (χ4v) is 2.46.